The van der Waals surface area contributed by atoms with Crippen molar-refractivity contribution < 1.29 is 19.6 Å². The number of phenols is 1. The van der Waals surface area contributed by atoms with Gasteiger partial charge >= 0.3 is 5.69 Å². The maximum atomic E-state index is 12.3. The number of ether oxygens (including phenoxy) is 1. The zero-order valence-electron chi connectivity index (χ0n) is 16.3. The lowest BCUT2D eigenvalue weighted by Gasteiger charge is -2.14. The molecule has 0 spiro atoms. The zero-order chi connectivity index (χ0) is 21.7. The number of hydrogen-bond acceptors (Lipinski definition) is 7. The summed E-state index contributed by atoms with van der Waals surface area (Å²) in [7, 11) is 1.35. The minimum absolute atomic E-state index is 0.0384. The average Bonchev–Trinajstić information content (AvgIpc) is 2.74. The van der Waals surface area contributed by atoms with Crippen LogP contribution < -0.4 is 15.5 Å². The normalized spacial score (nSPS) is 11.9. The number of amides is 1. The molecule has 9 nitrogen and oxygen atoms in total. The van der Waals surface area contributed by atoms with Gasteiger partial charge in [-0.15, -0.1) is 0 Å². The van der Waals surface area contributed by atoms with Gasteiger partial charge in [-0.25, -0.2) is 5.43 Å². The molecule has 30 heavy (non-hydrogen) atoms. The van der Waals surface area contributed by atoms with Crippen LogP contribution in [0, 0.1) is 10.1 Å². The molecule has 0 heterocycles. The van der Waals surface area contributed by atoms with Gasteiger partial charge in [-0.05, 0) is 35.9 Å². The number of hydrazone groups is 1. The predicted molar refractivity (Wildman–Crippen MR) is 114 cm³/mol. The molecule has 154 valence electrons. The summed E-state index contributed by atoms with van der Waals surface area (Å²) in [6, 6.07) is 15.5. The monoisotopic (exact) mass is 408 g/mol. The molecule has 0 bridgehead atoms. The molecule has 0 aromatic heterocycles. The van der Waals surface area contributed by atoms with Gasteiger partial charge < -0.3 is 15.2 Å². The summed E-state index contributed by atoms with van der Waals surface area (Å²) in [4.78, 5) is 22.6. The minimum Gasteiger partial charge on any atom is -0.502 e. The number of aromatic hydroxyl groups is 1. The van der Waals surface area contributed by atoms with Gasteiger partial charge in [0.05, 0.1) is 24.3 Å². The third-order valence-electron chi connectivity index (χ3n) is 4.43. The van der Waals surface area contributed by atoms with E-state index in [2.05, 4.69) is 15.8 Å². The summed E-state index contributed by atoms with van der Waals surface area (Å²) in [6.07, 6.45) is 1.12. The number of anilines is 1. The number of methoxy groups -OCH3 is 1. The van der Waals surface area contributed by atoms with Gasteiger partial charge in [0.1, 0.15) is 11.8 Å². The number of fused-ring (bicyclic) bond motifs is 1. The van der Waals surface area contributed by atoms with Crippen LogP contribution in [0.25, 0.3) is 10.8 Å². The van der Waals surface area contributed by atoms with E-state index >= 15 is 0 Å². The second kappa shape index (κ2) is 8.91. The molecule has 0 radical (unpaired) electrons. The van der Waals surface area contributed by atoms with Crippen LogP contribution in [-0.2, 0) is 4.79 Å². The largest absolute Gasteiger partial charge is 0.502 e. The lowest BCUT2D eigenvalue weighted by molar-refractivity contribution is -0.385. The molecule has 0 saturated heterocycles. The highest BCUT2D eigenvalue weighted by Crippen LogP contribution is 2.33. The number of phenolic OH excluding ortho intramolecular Hbond substituents is 1. The highest BCUT2D eigenvalue weighted by molar-refractivity contribution is 5.90. The number of nitrogens with one attached hydrogen (secondary N) is 2. The first-order valence-electron chi connectivity index (χ1n) is 9.02. The molecule has 3 N–H and O–H groups in total. The molecular weight excluding hydrogens is 388 g/mol. The van der Waals surface area contributed by atoms with E-state index in [0.717, 1.165) is 28.7 Å². The summed E-state index contributed by atoms with van der Waals surface area (Å²) < 4.78 is 4.99. The third kappa shape index (κ3) is 4.64. The van der Waals surface area contributed by atoms with E-state index in [1.165, 1.54) is 13.2 Å². The third-order valence-corrected chi connectivity index (χ3v) is 4.43. The van der Waals surface area contributed by atoms with Crippen LogP contribution in [-0.4, -0.2) is 35.3 Å². The van der Waals surface area contributed by atoms with Gasteiger partial charge in [-0.3, -0.25) is 14.9 Å². The second-order valence-electron chi connectivity index (χ2n) is 6.50. The van der Waals surface area contributed by atoms with Gasteiger partial charge in [0.25, 0.3) is 5.91 Å². The van der Waals surface area contributed by atoms with Gasteiger partial charge in [-0.1, -0.05) is 30.3 Å². The van der Waals surface area contributed by atoms with Crippen molar-refractivity contribution >= 4 is 34.3 Å². The Hall–Kier alpha value is -4.14. The Morgan fingerprint density at radius 1 is 1.20 bits per heavy atom. The topological polar surface area (TPSA) is 126 Å². The first kappa shape index (κ1) is 20.6. The Kier molecular flexibility index (Phi) is 6.11. The van der Waals surface area contributed by atoms with E-state index in [-0.39, 0.29) is 11.3 Å². The summed E-state index contributed by atoms with van der Waals surface area (Å²) in [5, 5.41) is 30.1. The van der Waals surface area contributed by atoms with Crippen LogP contribution in [0.5, 0.6) is 11.5 Å². The molecule has 1 amide bonds. The van der Waals surface area contributed by atoms with Crippen molar-refractivity contribution in [3.05, 3.63) is 70.3 Å². The zero-order valence-corrected chi connectivity index (χ0v) is 16.3. The van der Waals surface area contributed by atoms with E-state index in [9.17, 15) is 20.0 Å². The van der Waals surface area contributed by atoms with Crippen LogP contribution in [0.1, 0.15) is 12.5 Å². The molecule has 1 unspecified atom stereocenters. The first-order chi connectivity index (χ1) is 14.4. The Labute approximate surface area is 172 Å². The van der Waals surface area contributed by atoms with Gasteiger partial charge in [0, 0.05) is 11.3 Å². The van der Waals surface area contributed by atoms with Crippen molar-refractivity contribution in [1.82, 2.24) is 5.43 Å². The Bertz CT molecular complexity index is 1130. The van der Waals surface area contributed by atoms with Gasteiger partial charge in [0.2, 0.25) is 5.75 Å². The number of carbonyl (C=O) groups is 1. The van der Waals surface area contributed by atoms with E-state index < -0.39 is 28.3 Å². The standard InChI is InChI=1S/C21H20N4O5/c1-13(23-17-8-7-14-5-3-4-6-15(14)9-17)21(27)24-22-12-16-10-18(30-2)11-19(20(16)26)25(28)29/h3-13,23,26H,1-2H3,(H,24,27). The molecule has 3 aromatic rings. The van der Waals surface area contributed by atoms with Crippen molar-refractivity contribution in [2.75, 3.05) is 12.4 Å². The lowest BCUT2D eigenvalue weighted by atomic mass is 10.1. The van der Waals surface area contributed by atoms with Gasteiger partial charge in [0.15, 0.2) is 0 Å². The van der Waals surface area contributed by atoms with Crippen LogP contribution >= 0.6 is 0 Å². The number of rotatable bonds is 7. The van der Waals surface area contributed by atoms with Crippen molar-refractivity contribution in [1.29, 1.82) is 0 Å². The Morgan fingerprint density at radius 3 is 2.63 bits per heavy atom. The van der Waals surface area contributed by atoms with Crippen molar-refractivity contribution in [2.24, 2.45) is 5.10 Å². The number of nitro groups is 1. The van der Waals surface area contributed by atoms with E-state index in [1.54, 1.807) is 6.92 Å². The molecule has 0 aliphatic heterocycles. The summed E-state index contributed by atoms with van der Waals surface area (Å²) in [5.41, 5.74) is 2.65. The summed E-state index contributed by atoms with van der Waals surface area (Å²) >= 11 is 0. The van der Waals surface area contributed by atoms with Crippen LogP contribution in [0.2, 0.25) is 0 Å². The maximum Gasteiger partial charge on any atom is 0.315 e. The van der Waals surface area contributed by atoms with Crippen molar-refractivity contribution in [3.63, 3.8) is 0 Å². The summed E-state index contributed by atoms with van der Waals surface area (Å²) in [6.45, 7) is 1.67. The SMILES string of the molecule is COc1cc(C=NNC(=O)C(C)Nc2ccc3ccccc3c2)c(O)c([N+](=O)[O-])c1. The fraction of sp³-hybridized carbons (Fsp3) is 0.143. The fourth-order valence-corrected chi connectivity index (χ4v) is 2.83. The number of nitro benzene ring substituents is 1. The second-order valence-corrected chi connectivity index (χ2v) is 6.50. The molecule has 0 saturated carbocycles. The van der Waals surface area contributed by atoms with E-state index in [0.29, 0.717) is 0 Å². The smallest absolute Gasteiger partial charge is 0.315 e. The highest BCUT2D eigenvalue weighted by atomic mass is 16.6. The maximum absolute atomic E-state index is 12.3. The average molecular weight is 408 g/mol. The molecular formula is C21H20N4O5. The highest BCUT2D eigenvalue weighted by Gasteiger charge is 2.19. The number of hydrogen-bond donors (Lipinski definition) is 3. The molecule has 1 atom stereocenters. The minimum atomic E-state index is -0.733. The Morgan fingerprint density at radius 2 is 1.93 bits per heavy atom. The molecule has 9 heteroatoms. The van der Waals surface area contributed by atoms with Crippen LogP contribution in [0.4, 0.5) is 11.4 Å². The van der Waals surface area contributed by atoms with Crippen molar-refractivity contribution in [2.45, 2.75) is 13.0 Å². The molecule has 0 aliphatic rings. The fourth-order valence-electron chi connectivity index (χ4n) is 2.83. The number of nitrogens with zero attached hydrogens (tertiary/aromatic N) is 2. The molecule has 0 fully saturated rings. The predicted octanol–water partition coefficient (Wildman–Crippen LogP) is 3.41. The van der Waals surface area contributed by atoms with Gasteiger partial charge in [-0.2, -0.15) is 5.10 Å². The number of carbonyl (C=O) groups excluding carboxylic acids is 1. The van der Waals surface area contributed by atoms with E-state index in [4.69, 9.17) is 4.74 Å². The van der Waals surface area contributed by atoms with Crippen molar-refractivity contribution in [3.8, 4) is 11.5 Å². The summed E-state index contributed by atoms with van der Waals surface area (Å²) in [5.74, 6) is -0.809. The number of benzene rings is 3. The quantitative estimate of drug-likeness (QED) is 0.312. The molecule has 0 aliphatic carbocycles. The Balaban J connectivity index is 1.67. The van der Waals surface area contributed by atoms with Crippen LogP contribution in [0.15, 0.2) is 59.7 Å². The molecule has 3 aromatic carbocycles. The first-order valence-corrected chi connectivity index (χ1v) is 9.02. The lowest BCUT2D eigenvalue weighted by Crippen LogP contribution is -2.34. The van der Waals surface area contributed by atoms with Crippen LogP contribution in [0.3, 0.4) is 0 Å². The van der Waals surface area contributed by atoms with E-state index in [1.807, 2.05) is 42.5 Å². The molecule has 3 rings (SSSR count).